The maximum absolute atomic E-state index is 14.3. The lowest BCUT2D eigenvalue weighted by Crippen LogP contribution is -2.60. The van der Waals surface area contributed by atoms with Gasteiger partial charge in [0.15, 0.2) is 11.9 Å². The molecule has 0 spiro atoms. The van der Waals surface area contributed by atoms with Crippen molar-refractivity contribution in [2.24, 2.45) is 62.0 Å². The van der Waals surface area contributed by atoms with Crippen LogP contribution in [0, 0.1) is 11.8 Å². The molecule has 0 saturated heterocycles. The molecule has 8 atom stereocenters. The quantitative estimate of drug-likeness (QED) is 0.0180. The van der Waals surface area contributed by atoms with E-state index in [1.54, 1.807) is 31.2 Å². The fourth-order valence-electron chi connectivity index (χ4n) is 7.39. The summed E-state index contributed by atoms with van der Waals surface area (Å²) in [7, 11) is 0. The molecular weight excluding hydrogens is 945 g/mol. The molecular formula is C47H80N18O8. The number of nitrogens with one attached hydrogen (secondary N) is 8. The third-order valence-electron chi connectivity index (χ3n) is 11.6. The number of imidazole rings is 1. The fourth-order valence-corrected chi connectivity index (χ4v) is 7.39. The van der Waals surface area contributed by atoms with Crippen LogP contribution >= 0.6 is 0 Å². The zero-order valence-electron chi connectivity index (χ0n) is 42.5. The zero-order chi connectivity index (χ0) is 54.5. The molecule has 0 saturated carbocycles. The number of nitrogens with two attached hydrogens (primary N) is 7. The minimum Gasteiger partial charge on any atom is -0.370 e. The highest BCUT2D eigenvalue weighted by molar-refractivity contribution is 5.97. The first kappa shape index (κ1) is 61.8. The number of hydrogen-bond donors (Lipinski definition) is 15. The van der Waals surface area contributed by atoms with Crippen LogP contribution in [-0.2, 0) is 51.2 Å². The molecule has 8 amide bonds. The van der Waals surface area contributed by atoms with E-state index in [0.29, 0.717) is 31.5 Å². The summed E-state index contributed by atoms with van der Waals surface area (Å²) in [5.74, 6) is -6.76. The largest absolute Gasteiger partial charge is 0.370 e. The zero-order valence-corrected chi connectivity index (χ0v) is 42.5. The van der Waals surface area contributed by atoms with E-state index in [-0.39, 0.29) is 82.3 Å². The van der Waals surface area contributed by atoms with Crippen molar-refractivity contribution in [2.75, 3.05) is 26.2 Å². The Balaban J connectivity index is 2.39. The molecule has 0 radical (unpaired) electrons. The number of amides is 8. The predicted molar refractivity (Wildman–Crippen MR) is 276 cm³/mol. The van der Waals surface area contributed by atoms with Crippen molar-refractivity contribution in [3.05, 3.63) is 54.1 Å². The number of primary amides is 1. The molecule has 0 aliphatic heterocycles. The number of carbonyl (C=O) groups is 8. The third kappa shape index (κ3) is 24.6. The van der Waals surface area contributed by atoms with Crippen LogP contribution in [0.2, 0.25) is 0 Å². The number of carbonyl (C=O) groups excluding carboxylic acids is 8. The maximum atomic E-state index is 14.3. The first-order chi connectivity index (χ1) is 34.6. The number of nitrogens with zero attached hydrogens (tertiary/aromatic N) is 3. The predicted octanol–water partition coefficient (Wildman–Crippen LogP) is -3.64. The number of unbranched alkanes of at least 4 members (excludes halogenated alkanes) is 1. The van der Waals surface area contributed by atoms with E-state index in [9.17, 15) is 38.4 Å². The number of aromatic amines is 1. The van der Waals surface area contributed by atoms with Crippen LogP contribution in [0.25, 0.3) is 0 Å². The van der Waals surface area contributed by atoms with Gasteiger partial charge in [0.25, 0.3) is 0 Å². The molecule has 73 heavy (non-hydrogen) atoms. The Bertz CT molecular complexity index is 2120. The SMILES string of the molecule is CC[C@H](C)[C@H](NC(=O)[C@H](CC(C)C)NC(=O)[C@H](CCCN=C(N)N)NC(=O)[C@H](CCCN=C(N)N)NC(=O)[C@H](CCCCN)NC(=O)CNC(=O)[C@@H](N)Cc1cnc[nH]1)C(=O)N[C@@H](Cc1ccccc1)C(N)=O. The Morgan fingerprint density at radius 3 is 1.64 bits per heavy atom. The van der Waals surface area contributed by atoms with E-state index < -0.39 is 102 Å². The van der Waals surface area contributed by atoms with Gasteiger partial charge in [-0.15, -0.1) is 0 Å². The second-order valence-corrected chi connectivity index (χ2v) is 18.2. The smallest absolute Gasteiger partial charge is 0.243 e. The Kier molecular flexibility index (Phi) is 28.2. The van der Waals surface area contributed by atoms with Gasteiger partial charge < -0.3 is 82.3 Å². The molecule has 0 aliphatic carbocycles. The molecule has 2 aromatic rings. The van der Waals surface area contributed by atoms with Crippen molar-refractivity contribution in [1.29, 1.82) is 0 Å². The molecule has 1 aromatic carbocycles. The van der Waals surface area contributed by atoms with Gasteiger partial charge >= 0.3 is 0 Å². The maximum Gasteiger partial charge on any atom is 0.243 e. The molecule has 0 fully saturated rings. The summed E-state index contributed by atoms with van der Waals surface area (Å²) in [4.78, 5) is 124. The van der Waals surface area contributed by atoms with Crippen molar-refractivity contribution < 1.29 is 38.4 Å². The van der Waals surface area contributed by atoms with E-state index in [1.807, 2.05) is 26.8 Å². The number of aromatic nitrogens is 2. The topological polar surface area (TPSA) is 456 Å². The molecule has 0 aliphatic rings. The minimum atomic E-state index is -1.33. The van der Waals surface area contributed by atoms with Gasteiger partial charge in [0, 0.05) is 37.8 Å². The van der Waals surface area contributed by atoms with Crippen molar-refractivity contribution in [3.63, 3.8) is 0 Å². The highest BCUT2D eigenvalue weighted by atomic mass is 16.2. The van der Waals surface area contributed by atoms with Crippen molar-refractivity contribution >= 4 is 59.2 Å². The summed E-state index contributed by atoms with van der Waals surface area (Å²) in [6.45, 7) is 7.17. The van der Waals surface area contributed by atoms with Crippen LogP contribution in [0.1, 0.15) is 96.7 Å². The highest BCUT2D eigenvalue weighted by Crippen LogP contribution is 2.14. The summed E-state index contributed by atoms with van der Waals surface area (Å²) < 4.78 is 0. The monoisotopic (exact) mass is 1020 g/mol. The molecule has 1 aromatic heterocycles. The second-order valence-electron chi connectivity index (χ2n) is 18.2. The van der Waals surface area contributed by atoms with Crippen LogP contribution < -0.4 is 77.4 Å². The van der Waals surface area contributed by atoms with Gasteiger partial charge in [-0.05, 0) is 75.3 Å². The molecule has 2 rings (SSSR count). The lowest BCUT2D eigenvalue weighted by molar-refractivity contribution is -0.136. The Morgan fingerprint density at radius 2 is 1.15 bits per heavy atom. The average molecular weight is 1030 g/mol. The lowest BCUT2D eigenvalue weighted by Gasteiger charge is -2.29. The summed E-state index contributed by atoms with van der Waals surface area (Å²) in [6.07, 6.45) is 5.07. The van der Waals surface area contributed by atoms with Crippen LogP contribution in [0.3, 0.4) is 0 Å². The van der Waals surface area contributed by atoms with Crippen molar-refractivity contribution in [2.45, 2.75) is 141 Å². The van der Waals surface area contributed by atoms with Crippen LogP contribution in [-0.4, -0.2) is 138 Å². The fraction of sp³-hybridized carbons (Fsp3) is 0.596. The highest BCUT2D eigenvalue weighted by Gasteiger charge is 2.35. The molecule has 26 heteroatoms. The molecule has 22 N–H and O–H groups in total. The summed E-state index contributed by atoms with van der Waals surface area (Å²) in [6, 6.07) is 0.684. The molecule has 406 valence electrons. The number of guanidine groups is 2. The van der Waals surface area contributed by atoms with Gasteiger partial charge in [-0.1, -0.05) is 64.4 Å². The third-order valence-corrected chi connectivity index (χ3v) is 11.6. The first-order valence-corrected chi connectivity index (χ1v) is 24.6. The normalized spacial score (nSPS) is 14.3. The Morgan fingerprint density at radius 1 is 0.630 bits per heavy atom. The van der Waals surface area contributed by atoms with E-state index in [0.717, 1.165) is 5.56 Å². The number of H-pyrrole nitrogens is 1. The molecule has 1 heterocycles. The Hall–Kier alpha value is -7.35. The standard InChI is InChI=1S/C47H80N18O8/c1-5-28(4)38(45(73)63-35(39(50)67)22-29-13-7-6-8-14-29)65-44(72)36(21-27(2)3)64-43(71)34(17-12-20-57-47(53)54)62-42(70)33(16-11-19-56-46(51)52)61-41(69)32(15-9-10-18-48)60-37(66)25-58-40(68)31(49)23-30-24-55-26-59-30/h6-8,13-14,24,26-28,31-36,38H,5,9-12,15-23,25,48-49H2,1-4H3,(H2,50,67)(H,55,59)(H,58,68)(H,60,66)(H,61,69)(H,62,70)(H,63,73)(H,64,71)(H,65,72)(H4,51,52,56)(H4,53,54,57)/t28-,31-,32-,33-,34-,35-,36-,38-/m0/s1. The van der Waals surface area contributed by atoms with Gasteiger partial charge in [-0.2, -0.15) is 0 Å². The van der Waals surface area contributed by atoms with Gasteiger partial charge in [0.05, 0.1) is 18.9 Å². The van der Waals surface area contributed by atoms with Crippen LogP contribution in [0.15, 0.2) is 52.8 Å². The van der Waals surface area contributed by atoms with Gasteiger partial charge in [0.2, 0.25) is 47.3 Å². The van der Waals surface area contributed by atoms with Gasteiger partial charge in [-0.25, -0.2) is 4.98 Å². The van der Waals surface area contributed by atoms with Crippen molar-refractivity contribution in [1.82, 2.24) is 47.2 Å². The van der Waals surface area contributed by atoms with Gasteiger partial charge in [0.1, 0.15) is 36.3 Å². The number of hydrogen-bond acceptors (Lipinski definition) is 13. The molecule has 26 nitrogen and oxygen atoms in total. The minimum absolute atomic E-state index is 0.0379. The van der Waals surface area contributed by atoms with E-state index in [2.05, 4.69) is 57.2 Å². The van der Waals surface area contributed by atoms with Crippen molar-refractivity contribution in [3.8, 4) is 0 Å². The summed E-state index contributed by atoms with van der Waals surface area (Å²) in [5.41, 5.74) is 40.9. The second kappa shape index (κ2) is 33.3. The van der Waals surface area contributed by atoms with E-state index in [4.69, 9.17) is 40.1 Å². The van der Waals surface area contributed by atoms with E-state index >= 15 is 0 Å². The lowest BCUT2D eigenvalue weighted by atomic mass is 9.95. The first-order valence-electron chi connectivity index (χ1n) is 24.6. The number of aliphatic imine (C=N–C) groups is 2. The average Bonchev–Trinajstić information content (AvgIpc) is 3.86. The summed E-state index contributed by atoms with van der Waals surface area (Å²) >= 11 is 0. The number of benzene rings is 1. The number of rotatable bonds is 35. The van der Waals surface area contributed by atoms with Crippen LogP contribution in [0.5, 0.6) is 0 Å². The van der Waals surface area contributed by atoms with Gasteiger partial charge in [-0.3, -0.25) is 48.3 Å². The molecule has 0 bridgehead atoms. The summed E-state index contributed by atoms with van der Waals surface area (Å²) in [5, 5.41) is 18.7. The molecule has 0 unspecified atom stereocenters. The van der Waals surface area contributed by atoms with E-state index in [1.165, 1.54) is 12.5 Å². The van der Waals surface area contributed by atoms with Crippen LogP contribution in [0.4, 0.5) is 0 Å². The Labute approximate surface area is 426 Å².